The number of aromatic nitrogens is 5. The largest absolute Gasteiger partial charge is 0.493 e. The lowest BCUT2D eigenvalue weighted by atomic mass is 10.2. The minimum atomic E-state index is -0.201. The van der Waals surface area contributed by atoms with Crippen LogP contribution in [-0.2, 0) is 11.3 Å². The van der Waals surface area contributed by atoms with Crippen molar-refractivity contribution >= 4 is 39.4 Å². The maximum Gasteiger partial charge on any atom is 0.322 e. The number of aromatic amines is 1. The van der Waals surface area contributed by atoms with Crippen LogP contribution in [0.3, 0.4) is 0 Å². The van der Waals surface area contributed by atoms with E-state index in [0.29, 0.717) is 63.4 Å². The maximum absolute atomic E-state index is 13.4. The number of fused-ring (bicyclic) bond motifs is 4. The van der Waals surface area contributed by atoms with E-state index in [9.17, 15) is 4.79 Å². The van der Waals surface area contributed by atoms with Crippen LogP contribution in [0.4, 0.5) is 0 Å². The fourth-order valence-corrected chi connectivity index (χ4v) is 3.91. The van der Waals surface area contributed by atoms with Gasteiger partial charge in [0.2, 0.25) is 5.65 Å². The molecular formula is C24H23N6O4+. The van der Waals surface area contributed by atoms with E-state index in [0.717, 1.165) is 0 Å². The zero-order valence-corrected chi connectivity index (χ0v) is 19.0. The van der Waals surface area contributed by atoms with Crippen molar-refractivity contribution < 1.29 is 19.2 Å². The molecule has 5 rings (SSSR count). The van der Waals surface area contributed by atoms with Gasteiger partial charge >= 0.3 is 5.56 Å². The van der Waals surface area contributed by atoms with Crippen molar-refractivity contribution in [3.63, 3.8) is 0 Å². The van der Waals surface area contributed by atoms with E-state index < -0.39 is 0 Å². The Morgan fingerprint density at radius 1 is 1.03 bits per heavy atom. The number of hydrogen-bond donors (Lipinski definition) is 0. The van der Waals surface area contributed by atoms with Gasteiger partial charge in [-0.15, -0.1) is 9.78 Å². The molecule has 0 spiro atoms. The van der Waals surface area contributed by atoms with Gasteiger partial charge in [0.15, 0.2) is 23.2 Å². The summed E-state index contributed by atoms with van der Waals surface area (Å²) in [6.07, 6.45) is 3.25. The topological polar surface area (TPSA) is 107 Å². The van der Waals surface area contributed by atoms with Crippen molar-refractivity contribution in [2.45, 2.75) is 6.54 Å². The Morgan fingerprint density at radius 3 is 2.56 bits per heavy atom. The van der Waals surface area contributed by atoms with Crippen LogP contribution in [0.5, 0.6) is 11.5 Å². The number of rotatable bonds is 7. The lowest BCUT2D eigenvalue weighted by Gasteiger charge is -2.09. The molecule has 3 aromatic heterocycles. The molecule has 5 aromatic rings. The van der Waals surface area contributed by atoms with E-state index in [2.05, 4.69) is 10.1 Å². The van der Waals surface area contributed by atoms with E-state index in [1.165, 1.54) is 0 Å². The molecule has 34 heavy (non-hydrogen) atoms. The summed E-state index contributed by atoms with van der Waals surface area (Å²) in [6.45, 7) is 0.806. The standard InChI is InChI=1S/C24H22N6O4/c1-32-12-11-29-14-25-22-19(24(29)31)20-23(28-17-9-5-4-8-16(17)27-20)30(22)26-13-15-7-6-10-18(33-2)21(15)34-3/h4-10,13-14H,11-12H2,1-3H3/p+1/b26-13+. The maximum atomic E-state index is 13.4. The van der Waals surface area contributed by atoms with Gasteiger partial charge in [0.05, 0.1) is 44.6 Å². The Morgan fingerprint density at radius 2 is 1.82 bits per heavy atom. The second kappa shape index (κ2) is 8.91. The third kappa shape index (κ3) is 3.54. The normalized spacial score (nSPS) is 11.7. The van der Waals surface area contributed by atoms with Gasteiger partial charge in [0.1, 0.15) is 5.52 Å². The highest BCUT2D eigenvalue weighted by molar-refractivity contribution is 6.03. The average molecular weight is 459 g/mol. The second-order valence-electron chi connectivity index (χ2n) is 7.51. The summed E-state index contributed by atoms with van der Waals surface area (Å²) in [7, 11) is 4.75. The summed E-state index contributed by atoms with van der Waals surface area (Å²) in [5, 5.41) is 5.07. The van der Waals surface area contributed by atoms with Crippen LogP contribution >= 0.6 is 0 Å². The minimum absolute atomic E-state index is 0.201. The molecule has 0 fully saturated rings. The highest BCUT2D eigenvalue weighted by Gasteiger charge is 2.24. The second-order valence-corrected chi connectivity index (χ2v) is 7.51. The lowest BCUT2D eigenvalue weighted by Crippen LogP contribution is -2.28. The predicted octanol–water partition coefficient (Wildman–Crippen LogP) is 2.26. The molecule has 0 bridgehead atoms. The predicted molar refractivity (Wildman–Crippen MR) is 128 cm³/mol. The molecule has 172 valence electrons. The third-order valence-corrected chi connectivity index (χ3v) is 5.55. The molecule has 0 aliphatic carbocycles. The first kappa shape index (κ1) is 21.5. The van der Waals surface area contributed by atoms with Gasteiger partial charge in [-0.05, 0) is 24.3 Å². The Kier molecular flexibility index (Phi) is 5.64. The zero-order valence-electron chi connectivity index (χ0n) is 19.0. The van der Waals surface area contributed by atoms with Crippen LogP contribution in [0.15, 0.2) is 58.7 Å². The first-order chi connectivity index (χ1) is 16.7. The van der Waals surface area contributed by atoms with Crippen molar-refractivity contribution in [2.75, 3.05) is 27.9 Å². The minimum Gasteiger partial charge on any atom is -0.493 e. The molecule has 0 atom stereocenters. The molecule has 0 saturated carbocycles. The van der Waals surface area contributed by atoms with Crippen LogP contribution in [-0.4, -0.2) is 53.4 Å². The summed E-state index contributed by atoms with van der Waals surface area (Å²) >= 11 is 0. The number of para-hydroxylation sites is 3. The number of ether oxygens (including phenoxy) is 3. The molecule has 3 heterocycles. The van der Waals surface area contributed by atoms with Crippen LogP contribution in [0, 0.1) is 0 Å². The molecule has 0 aliphatic heterocycles. The fraction of sp³-hybridized carbons (Fsp3) is 0.208. The van der Waals surface area contributed by atoms with Crippen molar-refractivity contribution in [3.05, 3.63) is 64.7 Å². The van der Waals surface area contributed by atoms with E-state index in [1.807, 2.05) is 42.5 Å². The number of hydrogen-bond acceptors (Lipinski definition) is 7. The summed E-state index contributed by atoms with van der Waals surface area (Å²) in [5.41, 5.74) is 3.32. The first-order valence-electron chi connectivity index (χ1n) is 10.6. The lowest BCUT2D eigenvalue weighted by molar-refractivity contribution is -0.357. The molecule has 0 radical (unpaired) electrons. The number of H-pyrrole nitrogens is 1. The van der Waals surface area contributed by atoms with Gasteiger partial charge in [-0.1, -0.05) is 18.2 Å². The average Bonchev–Trinajstić information content (AvgIpc) is 3.18. The molecular weight excluding hydrogens is 436 g/mol. The molecule has 0 saturated heterocycles. The number of methoxy groups -OCH3 is 3. The Labute approximate surface area is 194 Å². The molecule has 0 aliphatic rings. The van der Waals surface area contributed by atoms with Gasteiger partial charge < -0.3 is 14.2 Å². The summed E-state index contributed by atoms with van der Waals surface area (Å²) < 4.78 is 19.2. The molecule has 2 aromatic carbocycles. The SMILES string of the molecule is COCCn1c[nH+]c2c(c1=O)c1nc3ccccc3nc1n2/N=C/c1cccc(OC)c1OC. The molecule has 1 N–H and O–H groups in total. The monoisotopic (exact) mass is 459 g/mol. The molecule has 0 unspecified atom stereocenters. The van der Waals surface area contributed by atoms with Gasteiger partial charge in [-0.2, -0.15) is 0 Å². The smallest absolute Gasteiger partial charge is 0.322 e. The summed E-state index contributed by atoms with van der Waals surface area (Å²) in [6, 6.07) is 13.0. The highest BCUT2D eigenvalue weighted by atomic mass is 16.5. The van der Waals surface area contributed by atoms with E-state index in [1.54, 1.807) is 43.1 Å². The van der Waals surface area contributed by atoms with Crippen LogP contribution < -0.4 is 20.0 Å². The number of benzene rings is 2. The quantitative estimate of drug-likeness (QED) is 0.346. The summed E-state index contributed by atoms with van der Waals surface area (Å²) in [5.74, 6) is 1.14. The molecule has 10 nitrogen and oxygen atoms in total. The van der Waals surface area contributed by atoms with Gasteiger partial charge in [0.25, 0.3) is 5.65 Å². The van der Waals surface area contributed by atoms with Gasteiger partial charge in [0, 0.05) is 12.7 Å². The van der Waals surface area contributed by atoms with Crippen molar-refractivity contribution in [1.82, 2.24) is 19.2 Å². The fourth-order valence-electron chi connectivity index (χ4n) is 3.91. The van der Waals surface area contributed by atoms with Gasteiger partial charge in [-0.3, -0.25) is 0 Å². The van der Waals surface area contributed by atoms with Crippen molar-refractivity contribution in [3.8, 4) is 11.5 Å². The van der Waals surface area contributed by atoms with Crippen LogP contribution in [0.1, 0.15) is 5.56 Å². The Bertz CT molecular complexity index is 1600. The Balaban J connectivity index is 1.78. The van der Waals surface area contributed by atoms with E-state index in [-0.39, 0.29) is 5.56 Å². The summed E-state index contributed by atoms with van der Waals surface area (Å²) in [4.78, 5) is 26.1. The molecule has 10 heteroatoms. The van der Waals surface area contributed by atoms with E-state index in [4.69, 9.17) is 24.2 Å². The van der Waals surface area contributed by atoms with Crippen LogP contribution in [0.2, 0.25) is 0 Å². The van der Waals surface area contributed by atoms with Gasteiger partial charge in [-0.25, -0.2) is 24.3 Å². The zero-order chi connectivity index (χ0) is 23.7. The van der Waals surface area contributed by atoms with E-state index >= 15 is 0 Å². The Hall–Kier alpha value is -4.31. The first-order valence-corrected chi connectivity index (χ1v) is 10.6. The molecule has 0 amide bonds. The van der Waals surface area contributed by atoms with Crippen LogP contribution in [0.25, 0.3) is 33.2 Å². The third-order valence-electron chi connectivity index (χ3n) is 5.55. The van der Waals surface area contributed by atoms with Crippen molar-refractivity contribution in [2.24, 2.45) is 5.10 Å². The number of nitrogens with zero attached hydrogens (tertiary/aromatic N) is 5. The highest BCUT2D eigenvalue weighted by Crippen LogP contribution is 2.30. The number of nitrogens with one attached hydrogen (secondary N) is 1. The van der Waals surface area contributed by atoms with Crippen molar-refractivity contribution in [1.29, 1.82) is 0 Å².